The maximum Gasteiger partial charge on any atom is 0.258 e. The van der Waals surface area contributed by atoms with Crippen molar-refractivity contribution in [2.45, 2.75) is 32.6 Å². The molecule has 3 aromatic rings. The average Bonchev–Trinajstić information content (AvgIpc) is 2.69. The third-order valence-corrected chi connectivity index (χ3v) is 5.53. The Morgan fingerprint density at radius 3 is 2.37 bits per heavy atom. The Balaban J connectivity index is 1.81. The van der Waals surface area contributed by atoms with E-state index in [1.54, 1.807) is 0 Å². The Hall–Kier alpha value is -2.72. The van der Waals surface area contributed by atoms with E-state index in [1.807, 2.05) is 49.4 Å². The summed E-state index contributed by atoms with van der Waals surface area (Å²) in [7, 11) is 0. The van der Waals surface area contributed by atoms with E-state index in [1.165, 1.54) is 5.56 Å². The van der Waals surface area contributed by atoms with Crippen molar-refractivity contribution in [1.29, 1.82) is 0 Å². The molecule has 2 aromatic carbocycles. The molecule has 1 amide bonds. The van der Waals surface area contributed by atoms with Crippen LogP contribution in [-0.2, 0) is 12.8 Å². The minimum absolute atomic E-state index is 0.122. The molecule has 0 atom stereocenters. The van der Waals surface area contributed by atoms with Crippen LogP contribution in [0, 0.1) is 11.6 Å². The summed E-state index contributed by atoms with van der Waals surface area (Å²) in [5.41, 5.74) is 7.01. The highest BCUT2D eigenvalue weighted by molar-refractivity contribution is 7.71. The molecule has 136 valence electrons. The molecule has 0 saturated carbocycles. The van der Waals surface area contributed by atoms with Gasteiger partial charge in [-0.3, -0.25) is 4.79 Å². The molecule has 0 saturated heterocycles. The van der Waals surface area contributed by atoms with E-state index in [9.17, 15) is 4.79 Å². The number of aromatic nitrogens is 1. The van der Waals surface area contributed by atoms with Crippen LogP contribution in [0.15, 0.2) is 54.6 Å². The van der Waals surface area contributed by atoms with Crippen molar-refractivity contribution in [1.82, 2.24) is 4.98 Å². The Morgan fingerprint density at radius 1 is 0.963 bits per heavy atom. The lowest BCUT2D eigenvalue weighted by Gasteiger charge is -2.23. The van der Waals surface area contributed by atoms with Gasteiger partial charge in [-0.15, -0.1) is 0 Å². The number of hydrogen-bond acceptors (Lipinski definition) is 2. The van der Waals surface area contributed by atoms with Gasteiger partial charge in [0, 0.05) is 11.4 Å². The van der Waals surface area contributed by atoms with Gasteiger partial charge in [-0.25, -0.2) is 0 Å². The first-order chi connectivity index (χ1) is 13.1. The lowest BCUT2D eigenvalue weighted by molar-refractivity contribution is 0.102. The zero-order valence-electron chi connectivity index (χ0n) is 15.3. The van der Waals surface area contributed by atoms with Crippen molar-refractivity contribution >= 4 is 23.8 Å². The molecule has 0 bridgehead atoms. The SMILES string of the molecule is Cc1ccccc1NC(=O)c1c2c(c(-c3ccccc3)[nH]c1=S)CCCC2. The molecule has 2 N–H and O–H groups in total. The number of pyridine rings is 1. The summed E-state index contributed by atoms with van der Waals surface area (Å²) >= 11 is 5.63. The van der Waals surface area contributed by atoms with E-state index in [-0.39, 0.29) is 5.91 Å². The molecule has 0 spiro atoms. The molecular formula is C23H22N2OS. The number of aromatic amines is 1. The van der Waals surface area contributed by atoms with Crippen molar-refractivity contribution in [3.05, 3.63) is 81.5 Å². The van der Waals surface area contributed by atoms with Gasteiger partial charge in [-0.2, -0.15) is 0 Å². The van der Waals surface area contributed by atoms with Gasteiger partial charge in [-0.05, 0) is 60.9 Å². The summed E-state index contributed by atoms with van der Waals surface area (Å²) in [6.07, 6.45) is 4.08. The van der Waals surface area contributed by atoms with Crippen molar-refractivity contribution in [3.63, 3.8) is 0 Å². The summed E-state index contributed by atoms with van der Waals surface area (Å²) < 4.78 is 0.514. The second-order valence-corrected chi connectivity index (χ2v) is 7.41. The van der Waals surface area contributed by atoms with Gasteiger partial charge in [0.2, 0.25) is 0 Å². The van der Waals surface area contributed by atoms with Crippen molar-refractivity contribution in [2.24, 2.45) is 0 Å². The highest BCUT2D eigenvalue weighted by Crippen LogP contribution is 2.33. The number of fused-ring (bicyclic) bond motifs is 1. The number of rotatable bonds is 3. The molecule has 0 radical (unpaired) electrons. The number of carbonyl (C=O) groups excluding carboxylic acids is 1. The number of carbonyl (C=O) groups is 1. The first kappa shape index (κ1) is 17.7. The van der Waals surface area contributed by atoms with Crippen LogP contribution in [0.3, 0.4) is 0 Å². The normalized spacial score (nSPS) is 13.1. The first-order valence-corrected chi connectivity index (χ1v) is 9.76. The quantitative estimate of drug-likeness (QED) is 0.565. The Bertz CT molecular complexity index is 1050. The third kappa shape index (κ3) is 3.45. The fourth-order valence-corrected chi connectivity index (χ4v) is 4.15. The largest absolute Gasteiger partial charge is 0.345 e. The second-order valence-electron chi connectivity index (χ2n) is 7.00. The highest BCUT2D eigenvalue weighted by atomic mass is 32.1. The van der Waals surface area contributed by atoms with Gasteiger partial charge in [0.25, 0.3) is 5.91 Å². The van der Waals surface area contributed by atoms with Gasteiger partial charge >= 0.3 is 0 Å². The molecule has 0 aliphatic heterocycles. The van der Waals surface area contributed by atoms with Crippen LogP contribution in [0.5, 0.6) is 0 Å². The van der Waals surface area contributed by atoms with Crippen molar-refractivity contribution in [2.75, 3.05) is 5.32 Å². The lowest BCUT2D eigenvalue weighted by Crippen LogP contribution is -2.20. The summed E-state index contributed by atoms with van der Waals surface area (Å²) in [6.45, 7) is 1.99. The van der Waals surface area contributed by atoms with Gasteiger partial charge in [0.15, 0.2) is 0 Å². The molecule has 1 aliphatic rings. The van der Waals surface area contributed by atoms with Crippen LogP contribution in [0.1, 0.15) is 39.9 Å². The van der Waals surface area contributed by atoms with Gasteiger partial charge in [0.05, 0.1) is 5.56 Å². The fraction of sp³-hybridized carbons (Fsp3) is 0.217. The number of nitrogens with one attached hydrogen (secondary N) is 2. The summed E-state index contributed by atoms with van der Waals surface area (Å²) in [5.74, 6) is -0.122. The van der Waals surface area contributed by atoms with Crippen LogP contribution >= 0.6 is 12.2 Å². The van der Waals surface area contributed by atoms with Gasteiger partial charge in [-0.1, -0.05) is 60.7 Å². The molecular weight excluding hydrogens is 352 g/mol. The molecule has 4 heteroatoms. The van der Waals surface area contributed by atoms with Crippen LogP contribution in [0.25, 0.3) is 11.3 Å². The van der Waals surface area contributed by atoms with Crippen LogP contribution in [-0.4, -0.2) is 10.9 Å². The van der Waals surface area contributed by atoms with E-state index in [2.05, 4.69) is 22.4 Å². The number of H-pyrrole nitrogens is 1. The molecule has 1 aromatic heterocycles. The second kappa shape index (κ2) is 7.49. The predicted molar refractivity (Wildman–Crippen MR) is 113 cm³/mol. The van der Waals surface area contributed by atoms with E-state index >= 15 is 0 Å². The zero-order chi connectivity index (χ0) is 18.8. The lowest BCUT2D eigenvalue weighted by atomic mass is 9.86. The average molecular weight is 375 g/mol. The number of amides is 1. The Labute approximate surface area is 164 Å². The summed E-state index contributed by atoms with van der Waals surface area (Å²) in [6, 6.07) is 18.0. The van der Waals surface area contributed by atoms with Crippen LogP contribution < -0.4 is 5.32 Å². The maximum atomic E-state index is 13.1. The van der Waals surface area contributed by atoms with Crippen molar-refractivity contribution < 1.29 is 4.79 Å². The van der Waals surface area contributed by atoms with Gasteiger partial charge in [0.1, 0.15) is 4.64 Å². The number of benzene rings is 2. The van der Waals surface area contributed by atoms with E-state index in [0.717, 1.165) is 53.8 Å². The molecule has 1 aliphatic carbocycles. The minimum Gasteiger partial charge on any atom is -0.345 e. The summed E-state index contributed by atoms with van der Waals surface area (Å²) in [4.78, 5) is 16.5. The highest BCUT2D eigenvalue weighted by Gasteiger charge is 2.23. The molecule has 27 heavy (non-hydrogen) atoms. The molecule has 0 unspecified atom stereocenters. The fourth-order valence-electron chi connectivity index (χ4n) is 3.83. The standard InChI is InChI=1S/C23H22N2OS/c1-15-9-5-8-14-19(15)24-22(26)20-17-12-6-7-13-18(17)21(25-23(20)27)16-10-3-2-4-11-16/h2-5,8-11,14H,6-7,12-13H2,1H3,(H,24,26)(H,25,27). The van der Waals surface area contributed by atoms with Crippen LogP contribution in [0.2, 0.25) is 0 Å². The van der Waals surface area contributed by atoms with Crippen LogP contribution in [0.4, 0.5) is 5.69 Å². The maximum absolute atomic E-state index is 13.1. The van der Waals surface area contributed by atoms with Crippen molar-refractivity contribution in [3.8, 4) is 11.3 Å². The molecule has 1 heterocycles. The molecule has 4 rings (SSSR count). The Kier molecular flexibility index (Phi) is 4.90. The zero-order valence-corrected chi connectivity index (χ0v) is 16.2. The van der Waals surface area contributed by atoms with E-state index < -0.39 is 0 Å². The smallest absolute Gasteiger partial charge is 0.258 e. The number of hydrogen-bond donors (Lipinski definition) is 2. The monoisotopic (exact) mass is 374 g/mol. The number of anilines is 1. The number of aryl methyl sites for hydroxylation is 1. The number of para-hydroxylation sites is 1. The van der Waals surface area contributed by atoms with E-state index in [4.69, 9.17) is 12.2 Å². The third-order valence-electron chi connectivity index (χ3n) is 5.22. The predicted octanol–water partition coefficient (Wildman–Crippen LogP) is 5.85. The van der Waals surface area contributed by atoms with Gasteiger partial charge < -0.3 is 10.3 Å². The summed E-state index contributed by atoms with van der Waals surface area (Å²) in [5, 5.41) is 3.05. The first-order valence-electron chi connectivity index (χ1n) is 9.35. The topological polar surface area (TPSA) is 44.9 Å². The molecule has 3 nitrogen and oxygen atoms in total. The Morgan fingerprint density at radius 2 is 1.63 bits per heavy atom. The molecule has 0 fully saturated rings. The minimum atomic E-state index is -0.122. The van der Waals surface area contributed by atoms with E-state index in [0.29, 0.717) is 10.2 Å².